The zero-order valence-corrected chi connectivity index (χ0v) is 12.8. The van der Waals surface area contributed by atoms with Gasteiger partial charge in [-0.15, -0.1) is 0 Å². The number of aryl methyl sites for hydroxylation is 3. The summed E-state index contributed by atoms with van der Waals surface area (Å²) in [6.07, 6.45) is 1.55. The van der Waals surface area contributed by atoms with E-state index in [4.69, 9.17) is 0 Å². The summed E-state index contributed by atoms with van der Waals surface area (Å²) in [6, 6.07) is 0. The molecule has 0 saturated carbocycles. The Morgan fingerprint density at radius 1 is 1.35 bits per heavy atom. The van der Waals surface area contributed by atoms with Crippen LogP contribution in [0.3, 0.4) is 0 Å². The van der Waals surface area contributed by atoms with Crippen LogP contribution in [0.2, 0.25) is 0 Å². The average Bonchev–Trinajstić information content (AvgIpc) is 2.95. The van der Waals surface area contributed by atoms with Crippen LogP contribution in [-0.4, -0.2) is 44.5 Å². The lowest BCUT2D eigenvalue weighted by atomic mass is 10.6. The van der Waals surface area contributed by atoms with Crippen LogP contribution >= 0.6 is 0 Å². The first-order valence-corrected chi connectivity index (χ1v) is 7.66. The Bertz CT molecular complexity index is 702. The van der Waals surface area contributed by atoms with Gasteiger partial charge in [-0.25, -0.2) is 18.4 Å². The number of nitrogens with zero attached hydrogens (tertiary/aromatic N) is 5. The molecule has 0 atom stereocenters. The lowest BCUT2D eigenvalue weighted by molar-refractivity contribution is 0.454. The van der Waals surface area contributed by atoms with E-state index in [0.29, 0.717) is 24.0 Å². The van der Waals surface area contributed by atoms with Gasteiger partial charge >= 0.3 is 0 Å². The van der Waals surface area contributed by atoms with Gasteiger partial charge in [-0.05, 0) is 20.8 Å². The van der Waals surface area contributed by atoms with E-state index in [1.807, 2.05) is 6.92 Å². The zero-order valence-electron chi connectivity index (χ0n) is 12.0. The van der Waals surface area contributed by atoms with Crippen molar-refractivity contribution in [2.75, 3.05) is 7.05 Å². The Hall–Kier alpha value is -1.74. The minimum Gasteiger partial charge on any atom is -0.334 e. The summed E-state index contributed by atoms with van der Waals surface area (Å²) in [5.74, 6) is 1.75. The smallest absolute Gasteiger partial charge is 0.262 e. The van der Waals surface area contributed by atoms with Crippen LogP contribution in [0.4, 0.5) is 0 Å². The highest BCUT2D eigenvalue weighted by Crippen LogP contribution is 2.15. The number of aromatic nitrogens is 5. The molecule has 0 aliphatic rings. The van der Waals surface area contributed by atoms with Gasteiger partial charge in [0.05, 0.1) is 6.54 Å². The number of imidazole rings is 1. The molecule has 0 radical (unpaired) electrons. The first-order chi connectivity index (χ1) is 9.34. The van der Waals surface area contributed by atoms with Crippen LogP contribution in [0.1, 0.15) is 24.4 Å². The van der Waals surface area contributed by atoms with Crippen molar-refractivity contribution in [3.8, 4) is 0 Å². The molecule has 20 heavy (non-hydrogen) atoms. The maximum atomic E-state index is 12.4. The largest absolute Gasteiger partial charge is 0.334 e. The second-order valence-electron chi connectivity index (χ2n) is 4.51. The van der Waals surface area contributed by atoms with Gasteiger partial charge in [-0.2, -0.15) is 9.40 Å². The van der Waals surface area contributed by atoms with Gasteiger partial charge in [0.2, 0.25) is 0 Å². The van der Waals surface area contributed by atoms with Gasteiger partial charge in [-0.3, -0.25) is 5.10 Å². The standard InChI is InChI=1S/C11H18N6O2S/c1-5-17-7-11(13-9(17)3)20(18,19)16(4)6-10-12-8(2)14-15-10/h7H,5-6H2,1-4H3,(H,12,14,15). The third-order valence-corrected chi connectivity index (χ3v) is 4.65. The lowest BCUT2D eigenvalue weighted by Gasteiger charge is -2.13. The average molecular weight is 298 g/mol. The Kier molecular flexibility index (Phi) is 3.91. The minimum absolute atomic E-state index is 0.0478. The van der Waals surface area contributed by atoms with E-state index in [9.17, 15) is 8.42 Å². The molecule has 0 aliphatic heterocycles. The summed E-state index contributed by atoms with van der Waals surface area (Å²) < 4.78 is 27.8. The molecule has 0 aromatic carbocycles. The molecule has 1 N–H and O–H groups in total. The number of sulfonamides is 1. The third-order valence-electron chi connectivity index (χ3n) is 2.98. The Morgan fingerprint density at radius 3 is 2.55 bits per heavy atom. The maximum absolute atomic E-state index is 12.4. The van der Waals surface area contributed by atoms with Gasteiger partial charge in [0.15, 0.2) is 10.9 Å². The van der Waals surface area contributed by atoms with Gasteiger partial charge in [0, 0.05) is 19.8 Å². The summed E-state index contributed by atoms with van der Waals surface area (Å²) in [5, 5.41) is 6.67. The molecule has 2 aromatic rings. The highest BCUT2D eigenvalue weighted by atomic mass is 32.2. The fourth-order valence-corrected chi connectivity index (χ4v) is 2.94. The molecular weight excluding hydrogens is 280 g/mol. The van der Waals surface area contributed by atoms with Crippen LogP contribution in [0.25, 0.3) is 0 Å². The normalized spacial score (nSPS) is 12.2. The SMILES string of the molecule is CCn1cc(S(=O)(=O)N(C)Cc2n[nH]c(C)n2)nc1C. The minimum atomic E-state index is -3.63. The van der Waals surface area contributed by atoms with E-state index < -0.39 is 10.0 Å². The summed E-state index contributed by atoms with van der Waals surface area (Å²) in [7, 11) is -2.14. The molecule has 0 aliphatic carbocycles. The third kappa shape index (κ3) is 2.73. The summed E-state index contributed by atoms with van der Waals surface area (Å²) >= 11 is 0. The van der Waals surface area contributed by atoms with E-state index in [-0.39, 0.29) is 11.6 Å². The zero-order chi connectivity index (χ0) is 14.9. The van der Waals surface area contributed by atoms with Crippen molar-refractivity contribution in [2.45, 2.75) is 38.9 Å². The van der Waals surface area contributed by atoms with Gasteiger partial charge in [-0.1, -0.05) is 0 Å². The van der Waals surface area contributed by atoms with Gasteiger partial charge < -0.3 is 4.57 Å². The predicted molar refractivity (Wildman–Crippen MR) is 72.4 cm³/mol. The van der Waals surface area contributed by atoms with Gasteiger partial charge in [0.1, 0.15) is 11.6 Å². The number of rotatable bonds is 5. The van der Waals surface area contributed by atoms with Gasteiger partial charge in [0.25, 0.3) is 10.0 Å². The van der Waals surface area contributed by atoms with E-state index in [0.717, 1.165) is 0 Å². The number of H-pyrrole nitrogens is 1. The van der Waals surface area contributed by atoms with E-state index in [1.165, 1.54) is 11.4 Å². The molecule has 0 fully saturated rings. The van der Waals surface area contributed by atoms with Crippen molar-refractivity contribution < 1.29 is 8.42 Å². The van der Waals surface area contributed by atoms with Crippen LogP contribution < -0.4 is 0 Å². The molecule has 2 aromatic heterocycles. The fourth-order valence-electron chi connectivity index (χ4n) is 1.83. The number of nitrogens with one attached hydrogen (secondary N) is 1. The van der Waals surface area contributed by atoms with Crippen LogP contribution in [0.5, 0.6) is 0 Å². The quantitative estimate of drug-likeness (QED) is 0.865. The molecular formula is C11H18N6O2S. The second kappa shape index (κ2) is 5.33. The van der Waals surface area contributed by atoms with Crippen LogP contribution in [0.15, 0.2) is 11.2 Å². The Balaban J connectivity index is 2.24. The van der Waals surface area contributed by atoms with Crippen molar-refractivity contribution in [1.82, 2.24) is 29.0 Å². The number of aromatic amines is 1. The Labute approximate surface area is 117 Å². The molecule has 8 nitrogen and oxygen atoms in total. The first-order valence-electron chi connectivity index (χ1n) is 6.22. The van der Waals surface area contributed by atoms with Crippen molar-refractivity contribution >= 4 is 10.0 Å². The van der Waals surface area contributed by atoms with E-state index >= 15 is 0 Å². The Morgan fingerprint density at radius 2 is 2.05 bits per heavy atom. The molecule has 0 spiro atoms. The van der Waals surface area contributed by atoms with Crippen LogP contribution in [0, 0.1) is 13.8 Å². The first kappa shape index (κ1) is 14.7. The maximum Gasteiger partial charge on any atom is 0.262 e. The van der Waals surface area contributed by atoms with E-state index in [1.54, 1.807) is 24.6 Å². The molecule has 0 saturated heterocycles. The van der Waals surface area contributed by atoms with Crippen molar-refractivity contribution in [1.29, 1.82) is 0 Å². The highest BCUT2D eigenvalue weighted by Gasteiger charge is 2.25. The van der Waals surface area contributed by atoms with Crippen molar-refractivity contribution in [3.05, 3.63) is 23.7 Å². The van der Waals surface area contributed by atoms with Crippen molar-refractivity contribution in [3.63, 3.8) is 0 Å². The molecule has 9 heteroatoms. The summed E-state index contributed by atoms with van der Waals surface area (Å²) in [5.41, 5.74) is 0. The monoisotopic (exact) mass is 298 g/mol. The predicted octanol–water partition coefficient (Wildman–Crippen LogP) is 0.459. The lowest BCUT2D eigenvalue weighted by Crippen LogP contribution is -2.27. The highest BCUT2D eigenvalue weighted by molar-refractivity contribution is 7.89. The fraction of sp³-hybridized carbons (Fsp3) is 0.545. The topological polar surface area (TPSA) is 96.8 Å². The molecule has 110 valence electrons. The molecule has 0 amide bonds. The number of hydrogen-bond donors (Lipinski definition) is 1. The van der Waals surface area contributed by atoms with Crippen LogP contribution in [-0.2, 0) is 23.1 Å². The molecule has 2 rings (SSSR count). The summed E-state index contributed by atoms with van der Waals surface area (Å²) in [4.78, 5) is 8.20. The summed E-state index contributed by atoms with van der Waals surface area (Å²) in [6.45, 7) is 6.26. The molecule has 2 heterocycles. The number of hydrogen-bond acceptors (Lipinski definition) is 5. The van der Waals surface area contributed by atoms with Crippen molar-refractivity contribution in [2.24, 2.45) is 0 Å². The van der Waals surface area contributed by atoms with E-state index in [2.05, 4.69) is 20.2 Å². The molecule has 0 unspecified atom stereocenters. The molecule has 0 bridgehead atoms. The second-order valence-corrected chi connectivity index (χ2v) is 6.50.